The molecule has 0 radical (unpaired) electrons. The highest BCUT2D eigenvalue weighted by atomic mass is 16.8. The molecule has 5 nitrogen and oxygen atoms in total. The van der Waals surface area contributed by atoms with Crippen molar-refractivity contribution < 1.29 is 14.3 Å². The van der Waals surface area contributed by atoms with E-state index in [1.165, 1.54) is 19.3 Å². The lowest BCUT2D eigenvalue weighted by Crippen LogP contribution is -2.51. The van der Waals surface area contributed by atoms with Crippen LogP contribution in [0.2, 0.25) is 0 Å². The van der Waals surface area contributed by atoms with E-state index in [1.807, 2.05) is 0 Å². The van der Waals surface area contributed by atoms with Crippen molar-refractivity contribution in [1.29, 1.82) is 0 Å². The van der Waals surface area contributed by atoms with E-state index in [1.54, 1.807) is 0 Å². The zero-order chi connectivity index (χ0) is 21.9. The van der Waals surface area contributed by atoms with Crippen LogP contribution in [0.25, 0.3) is 0 Å². The van der Waals surface area contributed by atoms with Gasteiger partial charge in [0.05, 0.1) is 18.8 Å². The predicted octanol–water partition coefficient (Wildman–Crippen LogP) is 6.16. The second-order valence-electron chi connectivity index (χ2n) is 9.72. The number of amides is 2. The van der Waals surface area contributed by atoms with Gasteiger partial charge in [-0.25, -0.2) is 4.79 Å². The van der Waals surface area contributed by atoms with Crippen molar-refractivity contribution in [2.75, 3.05) is 11.9 Å². The SMILES string of the molecule is CC(C)c1cccc(C(C)C)c1NC(=O)NC[C@@]1(C2CCCCC2)O[C@@H](C)[C@@H](C)O1. The standard InChI is InChI=1S/C25H40N2O3/c1-16(2)21-13-10-14-22(17(3)4)23(21)27-24(28)26-15-25(20-11-8-7-9-12-20)29-18(5)19(6)30-25/h10,13-14,16-20H,7-9,11-12,15H2,1-6H3,(H2,26,27,28)/t18-,19+,25+. The molecule has 168 valence electrons. The number of rotatable bonds is 6. The molecule has 1 aromatic rings. The fourth-order valence-corrected chi connectivity index (χ4v) is 4.87. The van der Waals surface area contributed by atoms with Gasteiger partial charge in [0.15, 0.2) is 5.79 Å². The van der Waals surface area contributed by atoms with Crippen LogP contribution >= 0.6 is 0 Å². The summed E-state index contributed by atoms with van der Waals surface area (Å²) in [4.78, 5) is 13.0. The van der Waals surface area contributed by atoms with Gasteiger partial charge in [-0.2, -0.15) is 0 Å². The number of hydrogen-bond acceptors (Lipinski definition) is 3. The van der Waals surface area contributed by atoms with Crippen molar-refractivity contribution in [1.82, 2.24) is 5.32 Å². The minimum Gasteiger partial charge on any atom is -0.342 e. The number of urea groups is 1. The molecule has 0 aromatic heterocycles. The molecule has 2 N–H and O–H groups in total. The summed E-state index contributed by atoms with van der Waals surface area (Å²) < 4.78 is 12.7. The summed E-state index contributed by atoms with van der Waals surface area (Å²) >= 11 is 0. The third-order valence-corrected chi connectivity index (χ3v) is 6.77. The van der Waals surface area contributed by atoms with Crippen LogP contribution in [0.3, 0.4) is 0 Å². The molecule has 1 aliphatic heterocycles. The van der Waals surface area contributed by atoms with Gasteiger partial charge >= 0.3 is 6.03 Å². The molecule has 5 heteroatoms. The monoisotopic (exact) mass is 416 g/mol. The Labute approximate surface area is 182 Å². The van der Waals surface area contributed by atoms with Crippen molar-refractivity contribution >= 4 is 11.7 Å². The maximum atomic E-state index is 13.0. The lowest BCUT2D eigenvalue weighted by atomic mass is 9.83. The first-order chi connectivity index (χ1) is 14.2. The van der Waals surface area contributed by atoms with E-state index < -0.39 is 5.79 Å². The van der Waals surface area contributed by atoms with Crippen LogP contribution in [0, 0.1) is 5.92 Å². The highest BCUT2D eigenvalue weighted by molar-refractivity contribution is 5.91. The number of nitrogens with one attached hydrogen (secondary N) is 2. The molecular formula is C25H40N2O3. The predicted molar refractivity (Wildman–Crippen MR) is 122 cm³/mol. The van der Waals surface area contributed by atoms with Gasteiger partial charge in [0, 0.05) is 11.6 Å². The highest BCUT2D eigenvalue weighted by Gasteiger charge is 2.49. The molecule has 2 fully saturated rings. The summed E-state index contributed by atoms with van der Waals surface area (Å²) in [6.07, 6.45) is 5.93. The molecule has 0 unspecified atom stereocenters. The largest absolute Gasteiger partial charge is 0.342 e. The normalized spacial score (nSPS) is 27.6. The van der Waals surface area contributed by atoms with Gasteiger partial charge < -0.3 is 20.1 Å². The van der Waals surface area contributed by atoms with Crippen LogP contribution in [0.1, 0.15) is 96.6 Å². The van der Waals surface area contributed by atoms with Crippen molar-refractivity contribution in [3.63, 3.8) is 0 Å². The molecule has 0 spiro atoms. The Morgan fingerprint density at radius 3 is 2.03 bits per heavy atom. The average molecular weight is 417 g/mol. The fraction of sp³-hybridized carbons (Fsp3) is 0.720. The van der Waals surface area contributed by atoms with Crippen molar-refractivity contribution in [2.24, 2.45) is 5.92 Å². The van der Waals surface area contributed by atoms with Gasteiger partial charge in [0.2, 0.25) is 0 Å². The fourth-order valence-electron chi connectivity index (χ4n) is 4.87. The van der Waals surface area contributed by atoms with E-state index in [-0.39, 0.29) is 18.2 Å². The van der Waals surface area contributed by atoms with Crippen LogP contribution < -0.4 is 10.6 Å². The third-order valence-electron chi connectivity index (χ3n) is 6.77. The molecule has 2 aliphatic rings. The molecule has 1 saturated carbocycles. The summed E-state index contributed by atoms with van der Waals surface area (Å²) in [5.74, 6) is 0.273. The zero-order valence-electron chi connectivity index (χ0n) is 19.6. The van der Waals surface area contributed by atoms with Gasteiger partial charge in [-0.15, -0.1) is 0 Å². The number of ether oxygens (including phenoxy) is 2. The summed E-state index contributed by atoms with van der Waals surface area (Å²) in [6, 6.07) is 6.08. The number of hydrogen-bond donors (Lipinski definition) is 2. The van der Waals surface area contributed by atoms with Crippen molar-refractivity contribution in [3.8, 4) is 0 Å². The van der Waals surface area contributed by atoms with E-state index in [0.29, 0.717) is 24.3 Å². The Kier molecular flexibility index (Phi) is 7.46. The summed E-state index contributed by atoms with van der Waals surface area (Å²) in [6.45, 7) is 13.1. The first-order valence-corrected chi connectivity index (χ1v) is 11.8. The first kappa shape index (κ1) is 23.1. The van der Waals surface area contributed by atoms with Crippen molar-refractivity contribution in [3.05, 3.63) is 29.3 Å². The van der Waals surface area contributed by atoms with Crippen molar-refractivity contribution in [2.45, 2.75) is 103 Å². The minimum atomic E-state index is -0.713. The maximum Gasteiger partial charge on any atom is 0.319 e. The molecule has 3 atom stereocenters. The molecule has 1 aromatic carbocycles. The molecule has 0 bridgehead atoms. The molecular weight excluding hydrogens is 376 g/mol. The Morgan fingerprint density at radius 1 is 1.00 bits per heavy atom. The number of carbonyl (C=O) groups excluding carboxylic acids is 1. The van der Waals surface area contributed by atoms with Crippen LogP contribution in [0.5, 0.6) is 0 Å². The van der Waals surface area contributed by atoms with Gasteiger partial charge in [0.1, 0.15) is 0 Å². The van der Waals surface area contributed by atoms with Gasteiger partial charge in [0.25, 0.3) is 0 Å². The van der Waals surface area contributed by atoms with Gasteiger partial charge in [-0.05, 0) is 49.7 Å². The first-order valence-electron chi connectivity index (χ1n) is 11.8. The molecule has 2 amide bonds. The van der Waals surface area contributed by atoms with E-state index in [9.17, 15) is 4.79 Å². The number of anilines is 1. The minimum absolute atomic E-state index is 0.0333. The maximum absolute atomic E-state index is 13.0. The quantitative estimate of drug-likeness (QED) is 0.584. The van der Waals surface area contributed by atoms with Gasteiger partial charge in [-0.1, -0.05) is 65.2 Å². The van der Waals surface area contributed by atoms with E-state index in [4.69, 9.17) is 9.47 Å². The highest BCUT2D eigenvalue weighted by Crippen LogP contribution is 2.41. The van der Waals surface area contributed by atoms with Crippen LogP contribution in [0.4, 0.5) is 10.5 Å². The topological polar surface area (TPSA) is 59.6 Å². The number of para-hydroxylation sites is 1. The Hall–Kier alpha value is -1.59. The Morgan fingerprint density at radius 2 is 1.53 bits per heavy atom. The Balaban J connectivity index is 1.74. The number of benzene rings is 1. The van der Waals surface area contributed by atoms with Crippen LogP contribution in [-0.4, -0.2) is 30.6 Å². The second kappa shape index (κ2) is 9.69. The Bertz CT molecular complexity index is 689. The lowest BCUT2D eigenvalue weighted by molar-refractivity contribution is -0.210. The average Bonchev–Trinajstić information content (AvgIpc) is 3.02. The second-order valence-corrected chi connectivity index (χ2v) is 9.72. The molecule has 1 aliphatic carbocycles. The van der Waals surface area contributed by atoms with E-state index in [0.717, 1.165) is 29.7 Å². The van der Waals surface area contributed by atoms with Crippen LogP contribution in [-0.2, 0) is 9.47 Å². The van der Waals surface area contributed by atoms with E-state index in [2.05, 4.69) is 70.4 Å². The molecule has 1 saturated heterocycles. The van der Waals surface area contributed by atoms with Gasteiger partial charge in [-0.3, -0.25) is 0 Å². The molecule has 30 heavy (non-hydrogen) atoms. The number of carbonyl (C=O) groups is 1. The summed E-state index contributed by atoms with van der Waals surface area (Å²) in [5, 5.41) is 6.23. The summed E-state index contributed by atoms with van der Waals surface area (Å²) in [5.41, 5.74) is 3.25. The zero-order valence-corrected chi connectivity index (χ0v) is 19.6. The lowest BCUT2D eigenvalue weighted by Gasteiger charge is -2.38. The molecule has 3 rings (SSSR count). The summed E-state index contributed by atoms with van der Waals surface area (Å²) in [7, 11) is 0. The van der Waals surface area contributed by atoms with Crippen LogP contribution in [0.15, 0.2) is 18.2 Å². The third kappa shape index (κ3) is 5.00. The smallest absolute Gasteiger partial charge is 0.319 e. The van der Waals surface area contributed by atoms with E-state index >= 15 is 0 Å². The molecule has 1 heterocycles.